The lowest BCUT2D eigenvalue weighted by Gasteiger charge is -2.40. The van der Waals surface area contributed by atoms with Crippen molar-refractivity contribution >= 4 is 23.2 Å². The summed E-state index contributed by atoms with van der Waals surface area (Å²) in [5.41, 5.74) is 1.77. The second-order valence-corrected chi connectivity index (χ2v) is 12.3. The number of rotatable bonds is 6. The minimum atomic E-state index is -4.90. The number of amides is 2. The molecule has 3 aromatic rings. The van der Waals surface area contributed by atoms with Gasteiger partial charge in [0.05, 0.1) is 30.0 Å². The number of likely N-dealkylation sites (tertiary alicyclic amines) is 1. The van der Waals surface area contributed by atoms with Gasteiger partial charge in [-0.3, -0.25) is 9.59 Å². The van der Waals surface area contributed by atoms with E-state index >= 15 is 0 Å². The van der Waals surface area contributed by atoms with Gasteiger partial charge in [-0.2, -0.15) is 18.4 Å². The first-order valence-corrected chi connectivity index (χ1v) is 14.8. The zero-order valence-electron chi connectivity index (χ0n) is 23.5. The minimum absolute atomic E-state index is 0.00152. The number of hydrogen-bond donors (Lipinski definition) is 2. The molecule has 0 bridgehead atoms. The van der Waals surface area contributed by atoms with Crippen LogP contribution in [0.25, 0.3) is 21.8 Å². The van der Waals surface area contributed by atoms with Crippen LogP contribution in [-0.4, -0.2) is 73.6 Å². The molecular formula is C29H29F3N6O4S. The highest BCUT2D eigenvalue weighted by atomic mass is 32.1. The smallest absolute Gasteiger partial charge is 0.416 e. The number of carbonyl (C=O) groups is 2. The normalized spacial score (nSPS) is 21.3. The molecule has 2 amide bonds. The number of aromatic nitrogens is 3. The predicted octanol–water partition coefficient (Wildman–Crippen LogP) is 4.33. The molecule has 2 atom stereocenters. The van der Waals surface area contributed by atoms with Crippen molar-refractivity contribution in [2.24, 2.45) is 0 Å². The topological polar surface area (TPSA) is 133 Å². The summed E-state index contributed by atoms with van der Waals surface area (Å²) < 4.78 is 48.3. The van der Waals surface area contributed by atoms with Crippen LogP contribution < -0.4 is 10.1 Å². The van der Waals surface area contributed by atoms with Crippen LogP contribution in [0.15, 0.2) is 23.7 Å². The Kier molecular flexibility index (Phi) is 7.00. The third-order valence-electron chi connectivity index (χ3n) is 9.04. The Bertz CT molecular complexity index is 1640. The van der Waals surface area contributed by atoms with Crippen molar-refractivity contribution < 1.29 is 32.6 Å². The Labute approximate surface area is 249 Å². The van der Waals surface area contributed by atoms with E-state index in [9.17, 15) is 33.1 Å². The van der Waals surface area contributed by atoms with Crippen molar-refractivity contribution in [3.63, 3.8) is 0 Å². The molecule has 226 valence electrons. The van der Waals surface area contributed by atoms with Gasteiger partial charge in [0.2, 0.25) is 0 Å². The molecule has 1 saturated heterocycles. The number of fused-ring (bicyclic) bond motifs is 3. The lowest BCUT2D eigenvalue weighted by molar-refractivity contribution is -0.232. The highest BCUT2D eigenvalue weighted by molar-refractivity contribution is 7.12. The Balaban J connectivity index is 1.47. The number of nitriles is 1. The van der Waals surface area contributed by atoms with Crippen LogP contribution in [0, 0.1) is 11.3 Å². The van der Waals surface area contributed by atoms with Crippen LogP contribution in [0.3, 0.4) is 0 Å². The zero-order valence-corrected chi connectivity index (χ0v) is 24.3. The molecule has 2 aliphatic heterocycles. The maximum Gasteiger partial charge on any atom is 0.416 e. The van der Waals surface area contributed by atoms with E-state index in [0.29, 0.717) is 59.8 Å². The highest BCUT2D eigenvalue weighted by Crippen LogP contribution is 2.45. The van der Waals surface area contributed by atoms with Crippen molar-refractivity contribution in [1.82, 2.24) is 25.0 Å². The molecule has 6 rings (SSSR count). The Morgan fingerprint density at radius 2 is 1.95 bits per heavy atom. The average Bonchev–Trinajstić information content (AvgIpc) is 3.72. The van der Waals surface area contributed by atoms with Gasteiger partial charge in [0.1, 0.15) is 27.5 Å². The summed E-state index contributed by atoms with van der Waals surface area (Å²) in [6.45, 7) is 1.67. The maximum atomic E-state index is 14.0. The first-order chi connectivity index (χ1) is 20.4. The summed E-state index contributed by atoms with van der Waals surface area (Å²) in [4.78, 5) is 28.6. The van der Waals surface area contributed by atoms with E-state index in [1.807, 2.05) is 0 Å². The van der Waals surface area contributed by atoms with E-state index in [-0.39, 0.29) is 24.2 Å². The summed E-state index contributed by atoms with van der Waals surface area (Å²) in [6, 6.07) is 7.25. The average molecular weight is 615 g/mol. The number of alkyl halides is 3. The Hall–Kier alpha value is -3.96. The molecule has 0 unspecified atom stereocenters. The van der Waals surface area contributed by atoms with Crippen molar-refractivity contribution in [2.75, 3.05) is 13.7 Å². The lowest BCUT2D eigenvalue weighted by atomic mass is 9.78. The van der Waals surface area contributed by atoms with Crippen molar-refractivity contribution in [3.05, 3.63) is 40.5 Å². The molecule has 0 radical (unpaired) electrons. The van der Waals surface area contributed by atoms with Gasteiger partial charge in [0, 0.05) is 24.2 Å². The number of ether oxygens (including phenoxy) is 1. The number of nitrogens with one attached hydrogen (secondary N) is 1. The summed E-state index contributed by atoms with van der Waals surface area (Å²) in [6.07, 6.45) is -4.89. The molecule has 1 aliphatic carbocycles. The molecule has 1 aromatic carbocycles. The number of aryl methyl sites for hydroxylation is 1. The van der Waals surface area contributed by atoms with Crippen LogP contribution in [0.4, 0.5) is 13.2 Å². The van der Waals surface area contributed by atoms with Crippen molar-refractivity contribution in [1.29, 1.82) is 5.26 Å². The summed E-state index contributed by atoms with van der Waals surface area (Å²) >= 11 is 1.24. The van der Waals surface area contributed by atoms with Crippen LogP contribution in [-0.2, 0) is 13.0 Å². The van der Waals surface area contributed by atoms with E-state index in [1.54, 1.807) is 22.8 Å². The second kappa shape index (κ2) is 10.3. The molecule has 43 heavy (non-hydrogen) atoms. The molecule has 14 heteroatoms. The summed E-state index contributed by atoms with van der Waals surface area (Å²) in [5.74, 6) is -0.755. The van der Waals surface area contributed by atoms with Gasteiger partial charge in [0.25, 0.3) is 11.8 Å². The molecule has 4 heterocycles. The van der Waals surface area contributed by atoms with E-state index in [1.165, 1.54) is 30.9 Å². The van der Waals surface area contributed by atoms with E-state index in [4.69, 9.17) is 4.74 Å². The number of aliphatic hydroxyl groups is 1. The molecule has 2 N–H and O–H groups in total. The third-order valence-corrected chi connectivity index (χ3v) is 9.76. The van der Waals surface area contributed by atoms with Crippen LogP contribution in [0.2, 0.25) is 0 Å². The first kappa shape index (κ1) is 29.1. The summed E-state index contributed by atoms with van der Waals surface area (Å²) in [7, 11) is 1.46. The lowest BCUT2D eigenvalue weighted by Crippen LogP contribution is -2.58. The van der Waals surface area contributed by atoms with Gasteiger partial charge < -0.3 is 24.6 Å². The van der Waals surface area contributed by atoms with Gasteiger partial charge in [-0.15, -0.1) is 10.2 Å². The molecule has 2 fully saturated rings. The quantitative estimate of drug-likeness (QED) is 0.422. The number of halogens is 3. The van der Waals surface area contributed by atoms with E-state index < -0.39 is 35.2 Å². The van der Waals surface area contributed by atoms with Gasteiger partial charge in [-0.05, 0) is 69.2 Å². The molecule has 0 spiro atoms. The number of aliphatic hydroxyl groups excluding tert-OH is 1. The molecular weight excluding hydrogens is 585 g/mol. The minimum Gasteiger partial charge on any atom is -0.496 e. The third kappa shape index (κ3) is 4.65. The Morgan fingerprint density at radius 1 is 1.19 bits per heavy atom. The monoisotopic (exact) mass is 614 g/mol. The van der Waals surface area contributed by atoms with Crippen molar-refractivity contribution in [3.8, 4) is 33.6 Å². The van der Waals surface area contributed by atoms with E-state index in [2.05, 4.69) is 21.6 Å². The molecule has 1 saturated carbocycles. The van der Waals surface area contributed by atoms with E-state index in [0.717, 1.165) is 16.9 Å². The fourth-order valence-corrected chi connectivity index (χ4v) is 7.07. The van der Waals surface area contributed by atoms with Gasteiger partial charge in [-0.1, -0.05) is 11.3 Å². The number of benzene rings is 1. The SMILES string of the molecule is COc1cc2c(cc1C(=O)NC1(C#N)CCC1)-c1c(-c3nncs3)cc(C(=O)N3CCC[C@@]3(C)[C@@H](O)C(F)(F)F)n1CC2. The number of carbonyl (C=O) groups excluding carboxylic acids is 2. The van der Waals surface area contributed by atoms with Crippen LogP contribution in [0.5, 0.6) is 5.75 Å². The number of nitrogens with zero attached hydrogens (tertiary/aromatic N) is 5. The first-order valence-electron chi connectivity index (χ1n) is 13.9. The largest absolute Gasteiger partial charge is 0.496 e. The summed E-state index contributed by atoms with van der Waals surface area (Å²) in [5, 5.41) is 31.4. The Morgan fingerprint density at radius 3 is 2.56 bits per heavy atom. The zero-order chi connectivity index (χ0) is 30.7. The fraction of sp³-hybridized carbons (Fsp3) is 0.483. The highest BCUT2D eigenvalue weighted by Gasteiger charge is 2.56. The van der Waals surface area contributed by atoms with Crippen molar-refractivity contribution in [2.45, 2.75) is 75.4 Å². The van der Waals surface area contributed by atoms with Crippen LogP contribution in [0.1, 0.15) is 65.4 Å². The maximum absolute atomic E-state index is 14.0. The number of methoxy groups -OCH3 is 1. The molecule has 10 nitrogen and oxygen atoms in total. The molecule has 2 aromatic heterocycles. The van der Waals surface area contributed by atoms with Gasteiger partial charge in [-0.25, -0.2) is 0 Å². The fourth-order valence-electron chi connectivity index (χ4n) is 6.50. The van der Waals surface area contributed by atoms with Gasteiger partial charge >= 0.3 is 6.18 Å². The number of hydrogen-bond acceptors (Lipinski definition) is 8. The van der Waals surface area contributed by atoms with Crippen LogP contribution >= 0.6 is 11.3 Å². The standard InChI is InChI=1S/C29H29F3N6O4S/c1-27(26(41)29(30,31)32)6-4-9-38(27)25(40)20-13-19(24-36-34-15-43-24)22-17-12-18(23(39)35-28(14-33)7-3-8-28)21(42-2)11-16(17)5-10-37(20)22/h11-13,15,26,41H,3-10H2,1-2H3,(H,35,39)/t26-,27+/m1/s1. The predicted molar refractivity (Wildman–Crippen MR) is 149 cm³/mol. The second-order valence-electron chi connectivity index (χ2n) is 11.5. The van der Waals surface area contributed by atoms with Gasteiger partial charge in [0.15, 0.2) is 6.10 Å². The molecule has 3 aliphatic rings.